The number of nitrogens with one attached hydrogen (secondary N) is 2. The fourth-order valence-electron chi connectivity index (χ4n) is 2.37. The molecule has 0 saturated heterocycles. The number of aromatic nitrogens is 2. The molecule has 3 rings (SSSR count). The van der Waals surface area contributed by atoms with Gasteiger partial charge in [-0.3, -0.25) is 14.2 Å². The maximum atomic E-state index is 12.5. The van der Waals surface area contributed by atoms with Crippen LogP contribution in [-0.4, -0.2) is 28.8 Å². The van der Waals surface area contributed by atoms with Crippen molar-refractivity contribution in [2.45, 2.75) is 19.9 Å². The molecule has 0 radical (unpaired) electrons. The van der Waals surface area contributed by atoms with Crippen LogP contribution in [0.4, 0.5) is 0 Å². The molecule has 0 saturated carbocycles. The van der Waals surface area contributed by atoms with Crippen LogP contribution < -0.4 is 26.0 Å². The Morgan fingerprint density at radius 1 is 1.29 bits per heavy atom. The van der Waals surface area contributed by atoms with Gasteiger partial charge in [0.25, 0.3) is 11.5 Å². The third kappa shape index (κ3) is 3.03. The summed E-state index contributed by atoms with van der Waals surface area (Å²) in [5.41, 5.74) is -0.614. The Kier molecular flexibility index (Phi) is 4.37. The zero-order valence-corrected chi connectivity index (χ0v) is 13.1. The summed E-state index contributed by atoms with van der Waals surface area (Å²) >= 11 is 0. The first-order valence-corrected chi connectivity index (χ1v) is 7.59. The third-order valence-electron chi connectivity index (χ3n) is 3.62. The number of hydrogen-bond acceptors (Lipinski definition) is 5. The van der Waals surface area contributed by atoms with Crippen molar-refractivity contribution in [1.82, 2.24) is 14.9 Å². The van der Waals surface area contributed by atoms with E-state index in [1.54, 1.807) is 18.2 Å². The second-order valence-corrected chi connectivity index (χ2v) is 5.34. The number of aromatic amines is 1. The normalized spacial score (nSPS) is 12.2. The van der Waals surface area contributed by atoms with Crippen molar-refractivity contribution in [1.29, 1.82) is 0 Å². The Morgan fingerprint density at radius 3 is 2.88 bits per heavy atom. The molecule has 1 aliphatic heterocycles. The van der Waals surface area contributed by atoms with Crippen molar-refractivity contribution in [2.75, 3.05) is 13.3 Å². The molecule has 0 unspecified atom stereocenters. The molecule has 8 heteroatoms. The Balaban J connectivity index is 1.92. The Hall–Kier alpha value is -3.03. The van der Waals surface area contributed by atoms with Crippen molar-refractivity contribution in [3.63, 3.8) is 0 Å². The van der Waals surface area contributed by atoms with E-state index in [4.69, 9.17) is 9.47 Å². The summed E-state index contributed by atoms with van der Waals surface area (Å²) in [6.07, 6.45) is 1.90. The number of amides is 1. The molecule has 0 bridgehead atoms. The van der Waals surface area contributed by atoms with Gasteiger partial charge in [0.15, 0.2) is 11.5 Å². The lowest BCUT2D eigenvalue weighted by Gasteiger charge is -2.08. The summed E-state index contributed by atoms with van der Waals surface area (Å²) in [7, 11) is 0. The van der Waals surface area contributed by atoms with Crippen molar-refractivity contribution in [3.8, 4) is 11.5 Å². The van der Waals surface area contributed by atoms with Crippen LogP contribution in [0.25, 0.3) is 0 Å². The number of carbonyl (C=O) groups is 1. The first-order valence-electron chi connectivity index (χ1n) is 7.59. The smallest absolute Gasteiger partial charge is 0.328 e. The monoisotopic (exact) mass is 331 g/mol. The highest BCUT2D eigenvalue weighted by Crippen LogP contribution is 2.32. The Bertz CT molecular complexity index is 884. The molecule has 0 fully saturated rings. The van der Waals surface area contributed by atoms with E-state index in [-0.39, 0.29) is 18.9 Å². The van der Waals surface area contributed by atoms with Gasteiger partial charge in [-0.2, -0.15) is 0 Å². The molecule has 24 heavy (non-hydrogen) atoms. The zero-order chi connectivity index (χ0) is 17.1. The van der Waals surface area contributed by atoms with Crippen LogP contribution in [0.3, 0.4) is 0 Å². The second-order valence-electron chi connectivity index (χ2n) is 5.34. The van der Waals surface area contributed by atoms with Crippen molar-refractivity contribution in [2.24, 2.45) is 0 Å². The molecule has 2 aromatic rings. The van der Waals surface area contributed by atoms with Gasteiger partial charge in [-0.15, -0.1) is 0 Å². The molecule has 1 aromatic carbocycles. The lowest BCUT2D eigenvalue weighted by atomic mass is 10.2. The fraction of sp³-hybridized carbons (Fsp3) is 0.312. The molecule has 0 aliphatic carbocycles. The molecule has 8 nitrogen and oxygen atoms in total. The largest absolute Gasteiger partial charge is 0.454 e. The number of carbonyl (C=O) groups excluding carboxylic acids is 1. The fourth-order valence-corrected chi connectivity index (χ4v) is 2.37. The standard InChI is InChI=1S/C16H17N3O5/c1-2-5-17-14(20)11-7-18-16(22)19(15(11)21)8-10-3-4-12-13(6-10)24-9-23-12/h3-4,6-7H,2,5,8-9H2,1H3,(H,17,20)(H,18,22). The van der Waals surface area contributed by atoms with E-state index in [2.05, 4.69) is 10.3 Å². The summed E-state index contributed by atoms with van der Waals surface area (Å²) in [6, 6.07) is 5.16. The van der Waals surface area contributed by atoms with Crippen LogP contribution in [0.2, 0.25) is 0 Å². The topological polar surface area (TPSA) is 102 Å². The van der Waals surface area contributed by atoms with Gasteiger partial charge in [0.2, 0.25) is 6.79 Å². The highest BCUT2D eigenvalue weighted by molar-refractivity contribution is 5.93. The SMILES string of the molecule is CCCNC(=O)c1c[nH]c(=O)n(Cc2ccc3c(c2)OCO3)c1=O. The van der Waals surface area contributed by atoms with Crippen LogP contribution in [0, 0.1) is 0 Å². The third-order valence-corrected chi connectivity index (χ3v) is 3.62. The van der Waals surface area contributed by atoms with Crippen molar-refractivity contribution < 1.29 is 14.3 Å². The lowest BCUT2D eigenvalue weighted by Crippen LogP contribution is -2.40. The molecule has 2 heterocycles. The molecule has 1 aromatic heterocycles. The van der Waals surface area contributed by atoms with Crippen molar-refractivity contribution in [3.05, 3.63) is 56.4 Å². The van der Waals surface area contributed by atoms with E-state index in [9.17, 15) is 14.4 Å². The molecular formula is C16H17N3O5. The van der Waals surface area contributed by atoms with Crippen LogP contribution in [0.1, 0.15) is 29.3 Å². The Labute approximate surface area is 137 Å². The molecule has 0 atom stereocenters. The first-order chi connectivity index (χ1) is 11.6. The van der Waals surface area contributed by atoms with Crippen LogP contribution >= 0.6 is 0 Å². The van der Waals surface area contributed by atoms with Crippen molar-refractivity contribution >= 4 is 5.91 Å². The number of fused-ring (bicyclic) bond motifs is 1. The van der Waals surface area contributed by atoms with E-state index < -0.39 is 17.2 Å². The summed E-state index contributed by atoms with van der Waals surface area (Å²) in [6.45, 7) is 2.54. The average molecular weight is 331 g/mol. The average Bonchev–Trinajstić information content (AvgIpc) is 3.04. The van der Waals surface area contributed by atoms with Gasteiger partial charge in [-0.1, -0.05) is 13.0 Å². The van der Waals surface area contributed by atoms with E-state index in [1.165, 1.54) is 0 Å². The minimum atomic E-state index is -0.634. The van der Waals surface area contributed by atoms with E-state index in [1.807, 2.05) is 6.92 Å². The molecule has 126 valence electrons. The Morgan fingerprint density at radius 2 is 2.08 bits per heavy atom. The zero-order valence-electron chi connectivity index (χ0n) is 13.1. The molecule has 1 aliphatic rings. The minimum absolute atomic E-state index is 0.0275. The lowest BCUT2D eigenvalue weighted by molar-refractivity contribution is 0.0951. The number of H-pyrrole nitrogens is 1. The predicted molar refractivity (Wildman–Crippen MR) is 85.6 cm³/mol. The highest BCUT2D eigenvalue weighted by Gasteiger charge is 2.17. The second kappa shape index (κ2) is 6.61. The van der Waals surface area contributed by atoms with Crippen LogP contribution in [-0.2, 0) is 6.54 Å². The number of ether oxygens (including phenoxy) is 2. The molecular weight excluding hydrogens is 314 g/mol. The summed E-state index contributed by atoms with van der Waals surface area (Å²) in [4.78, 5) is 38.9. The van der Waals surface area contributed by atoms with Crippen LogP contribution in [0.5, 0.6) is 11.5 Å². The van der Waals surface area contributed by atoms with Gasteiger partial charge in [0.05, 0.1) is 6.54 Å². The first kappa shape index (κ1) is 15.9. The number of benzene rings is 1. The summed E-state index contributed by atoms with van der Waals surface area (Å²) < 4.78 is 11.5. The molecule has 2 N–H and O–H groups in total. The maximum absolute atomic E-state index is 12.5. The number of nitrogens with zero attached hydrogens (tertiary/aromatic N) is 1. The van der Waals surface area contributed by atoms with Gasteiger partial charge in [0, 0.05) is 12.7 Å². The van der Waals surface area contributed by atoms with E-state index in [0.29, 0.717) is 23.6 Å². The molecule has 1 amide bonds. The van der Waals surface area contributed by atoms with E-state index >= 15 is 0 Å². The summed E-state index contributed by atoms with van der Waals surface area (Å²) in [5, 5.41) is 2.62. The van der Waals surface area contributed by atoms with Gasteiger partial charge >= 0.3 is 5.69 Å². The van der Waals surface area contributed by atoms with Gasteiger partial charge in [-0.05, 0) is 24.1 Å². The van der Waals surface area contributed by atoms with E-state index in [0.717, 1.165) is 17.2 Å². The highest BCUT2D eigenvalue weighted by atomic mass is 16.7. The minimum Gasteiger partial charge on any atom is -0.454 e. The quantitative estimate of drug-likeness (QED) is 0.828. The van der Waals surface area contributed by atoms with Crippen LogP contribution in [0.15, 0.2) is 34.0 Å². The molecule has 0 spiro atoms. The summed E-state index contributed by atoms with van der Waals surface area (Å²) in [5.74, 6) is 0.680. The van der Waals surface area contributed by atoms with Gasteiger partial charge in [0.1, 0.15) is 5.56 Å². The maximum Gasteiger partial charge on any atom is 0.328 e. The van der Waals surface area contributed by atoms with Gasteiger partial charge < -0.3 is 19.8 Å². The number of hydrogen-bond donors (Lipinski definition) is 2. The number of rotatable bonds is 5. The predicted octanol–water partition coefficient (Wildman–Crippen LogP) is 0.453. The van der Waals surface area contributed by atoms with Gasteiger partial charge in [-0.25, -0.2) is 4.79 Å².